The smallest absolute Gasteiger partial charge is 0.276 e. The summed E-state index contributed by atoms with van der Waals surface area (Å²) in [5, 5.41) is 10.8. The van der Waals surface area contributed by atoms with E-state index in [2.05, 4.69) is 41.4 Å². The van der Waals surface area contributed by atoms with Crippen LogP contribution in [0.25, 0.3) is 22.0 Å². The Morgan fingerprint density at radius 1 is 1.00 bits per heavy atom. The number of hydrogen-bond donors (Lipinski definition) is 2. The number of carbonyl (C=O) groups is 1. The zero-order chi connectivity index (χ0) is 25.9. The van der Waals surface area contributed by atoms with Crippen molar-refractivity contribution in [1.29, 1.82) is 0 Å². The lowest BCUT2D eigenvalue weighted by atomic mass is 10.0. The fourth-order valence-corrected chi connectivity index (χ4v) is 4.29. The Morgan fingerprint density at radius 3 is 2.71 bits per heavy atom. The maximum absolute atomic E-state index is 13.1. The predicted octanol–water partition coefficient (Wildman–Crippen LogP) is 4.67. The van der Waals surface area contributed by atoms with Crippen molar-refractivity contribution in [2.75, 3.05) is 25.5 Å². The molecule has 1 aliphatic rings. The van der Waals surface area contributed by atoms with Gasteiger partial charge >= 0.3 is 0 Å². The number of benzene rings is 1. The maximum atomic E-state index is 13.1. The molecule has 1 fully saturated rings. The zero-order valence-corrected chi connectivity index (χ0v) is 20.7. The van der Waals surface area contributed by atoms with Gasteiger partial charge in [-0.05, 0) is 61.0 Å². The summed E-state index contributed by atoms with van der Waals surface area (Å²) in [6.45, 7) is 3.17. The Kier molecular flexibility index (Phi) is 6.37. The molecule has 0 saturated carbocycles. The van der Waals surface area contributed by atoms with Gasteiger partial charge in [0.1, 0.15) is 5.75 Å². The fourth-order valence-electron chi connectivity index (χ4n) is 4.29. The van der Waals surface area contributed by atoms with Crippen LogP contribution in [0.1, 0.15) is 22.5 Å². The molecule has 0 aliphatic carbocycles. The van der Waals surface area contributed by atoms with Crippen LogP contribution in [0.2, 0.25) is 0 Å². The van der Waals surface area contributed by atoms with Gasteiger partial charge in [-0.25, -0.2) is 9.97 Å². The molecule has 2 N–H and O–H groups in total. The van der Waals surface area contributed by atoms with Crippen molar-refractivity contribution < 1.29 is 14.3 Å². The van der Waals surface area contributed by atoms with Gasteiger partial charge in [0.2, 0.25) is 11.8 Å². The van der Waals surface area contributed by atoms with Crippen LogP contribution in [0.5, 0.6) is 17.5 Å². The lowest BCUT2D eigenvalue weighted by Gasteiger charge is -2.30. The molecular weight excluding hydrogens is 482 g/mol. The molecule has 0 unspecified atom stereocenters. The number of ether oxygens (including phenoxy) is 2. The normalized spacial score (nSPS) is 13.2. The monoisotopic (exact) mass is 507 g/mol. The number of methoxy groups -OCH3 is 1. The summed E-state index contributed by atoms with van der Waals surface area (Å²) in [4.78, 5) is 28.3. The van der Waals surface area contributed by atoms with Crippen molar-refractivity contribution in [2.24, 2.45) is 0 Å². The number of anilines is 1. The molecule has 1 saturated heterocycles. The standard InChI is InChI=1S/C28H25N7O3/c1-37-26-13-22(7-8-30-26)38-25-6-4-21(16-31-25)32-28(36)27-23-12-19(3-5-24(23)33-34-27)20-11-18(14-29-15-20)17-35-9-2-10-35/h3-8,11-16H,2,9-10,17H2,1H3,(H,32,36)(H,33,34). The Balaban J connectivity index is 1.18. The molecule has 0 atom stereocenters. The number of nitrogens with one attached hydrogen (secondary N) is 2. The molecule has 0 bridgehead atoms. The van der Waals surface area contributed by atoms with E-state index in [4.69, 9.17) is 9.47 Å². The fraction of sp³-hybridized carbons (Fsp3) is 0.179. The number of aromatic amines is 1. The van der Waals surface area contributed by atoms with Crippen LogP contribution in [0.4, 0.5) is 5.69 Å². The minimum Gasteiger partial charge on any atom is -0.481 e. The molecule has 1 aliphatic heterocycles. The van der Waals surface area contributed by atoms with Crippen LogP contribution in [-0.4, -0.2) is 56.2 Å². The van der Waals surface area contributed by atoms with Gasteiger partial charge < -0.3 is 14.8 Å². The molecule has 1 aromatic carbocycles. The van der Waals surface area contributed by atoms with Gasteiger partial charge in [-0.2, -0.15) is 5.10 Å². The second-order valence-electron chi connectivity index (χ2n) is 9.02. The molecule has 0 radical (unpaired) electrons. The van der Waals surface area contributed by atoms with Gasteiger partial charge in [0.15, 0.2) is 5.69 Å². The highest BCUT2D eigenvalue weighted by molar-refractivity contribution is 6.11. The third-order valence-electron chi connectivity index (χ3n) is 6.39. The van der Waals surface area contributed by atoms with E-state index >= 15 is 0 Å². The number of fused-ring (bicyclic) bond motifs is 1. The second-order valence-corrected chi connectivity index (χ2v) is 9.02. The highest BCUT2D eigenvalue weighted by Gasteiger charge is 2.17. The SMILES string of the molecule is COc1cc(Oc2ccc(NC(=O)c3n[nH]c4ccc(-c5cncc(CN6CCC6)c5)cc34)cn2)ccn1. The van der Waals surface area contributed by atoms with Gasteiger partial charge in [0, 0.05) is 48.2 Å². The first-order valence-corrected chi connectivity index (χ1v) is 12.2. The lowest BCUT2D eigenvalue weighted by molar-refractivity contribution is 0.102. The quantitative estimate of drug-likeness (QED) is 0.311. The number of amides is 1. The van der Waals surface area contributed by atoms with Gasteiger partial charge in [-0.15, -0.1) is 0 Å². The topological polar surface area (TPSA) is 118 Å². The molecule has 5 heterocycles. The average Bonchev–Trinajstić information content (AvgIpc) is 3.36. The highest BCUT2D eigenvalue weighted by Crippen LogP contribution is 2.27. The van der Waals surface area contributed by atoms with Crippen LogP contribution in [-0.2, 0) is 6.54 Å². The van der Waals surface area contributed by atoms with Crippen LogP contribution in [0, 0.1) is 0 Å². The summed E-state index contributed by atoms with van der Waals surface area (Å²) in [7, 11) is 1.54. The largest absolute Gasteiger partial charge is 0.481 e. The summed E-state index contributed by atoms with van der Waals surface area (Å²) in [6.07, 6.45) is 8.13. The molecule has 6 rings (SSSR count). The summed E-state index contributed by atoms with van der Waals surface area (Å²) < 4.78 is 10.8. The predicted molar refractivity (Wildman–Crippen MR) is 142 cm³/mol. The molecule has 4 aromatic heterocycles. The maximum Gasteiger partial charge on any atom is 0.276 e. The molecule has 38 heavy (non-hydrogen) atoms. The third kappa shape index (κ3) is 5.02. The molecule has 5 aromatic rings. The molecule has 190 valence electrons. The van der Waals surface area contributed by atoms with Crippen LogP contribution in [0.3, 0.4) is 0 Å². The molecule has 0 spiro atoms. The first-order valence-electron chi connectivity index (χ1n) is 12.2. The van der Waals surface area contributed by atoms with E-state index in [-0.39, 0.29) is 5.91 Å². The van der Waals surface area contributed by atoms with Crippen molar-refractivity contribution in [3.8, 4) is 28.6 Å². The summed E-state index contributed by atoms with van der Waals surface area (Å²) in [5.41, 5.74) is 4.75. The van der Waals surface area contributed by atoms with E-state index < -0.39 is 0 Å². The number of nitrogens with zero attached hydrogens (tertiary/aromatic N) is 5. The summed E-state index contributed by atoms with van der Waals surface area (Å²) >= 11 is 0. The molecule has 1 amide bonds. The van der Waals surface area contributed by atoms with E-state index in [1.807, 2.05) is 30.6 Å². The van der Waals surface area contributed by atoms with Crippen molar-refractivity contribution in [3.05, 3.63) is 84.6 Å². The van der Waals surface area contributed by atoms with E-state index in [1.54, 1.807) is 30.5 Å². The Morgan fingerprint density at radius 2 is 1.92 bits per heavy atom. The summed E-state index contributed by atoms with van der Waals surface area (Å²) in [5.74, 6) is 1.01. The number of likely N-dealkylation sites (tertiary alicyclic amines) is 1. The Labute approximate surface area is 218 Å². The minimum absolute atomic E-state index is 0.302. The number of aromatic nitrogens is 5. The Bertz CT molecular complexity index is 1600. The average molecular weight is 508 g/mol. The molecule has 10 nitrogen and oxygen atoms in total. The zero-order valence-electron chi connectivity index (χ0n) is 20.7. The third-order valence-corrected chi connectivity index (χ3v) is 6.39. The molecule has 10 heteroatoms. The number of H-pyrrole nitrogens is 1. The van der Waals surface area contributed by atoms with Gasteiger partial charge in [-0.1, -0.05) is 6.07 Å². The number of rotatable bonds is 8. The van der Waals surface area contributed by atoms with Crippen molar-refractivity contribution in [1.82, 2.24) is 30.0 Å². The first-order chi connectivity index (χ1) is 18.6. The first kappa shape index (κ1) is 23.6. The van der Waals surface area contributed by atoms with Crippen LogP contribution < -0.4 is 14.8 Å². The number of carbonyl (C=O) groups excluding carboxylic acids is 1. The van der Waals surface area contributed by atoms with Gasteiger partial charge in [0.25, 0.3) is 5.91 Å². The van der Waals surface area contributed by atoms with Crippen molar-refractivity contribution in [3.63, 3.8) is 0 Å². The number of pyridine rings is 3. The number of hydrogen-bond acceptors (Lipinski definition) is 8. The van der Waals surface area contributed by atoms with E-state index in [9.17, 15) is 4.79 Å². The van der Waals surface area contributed by atoms with Crippen molar-refractivity contribution in [2.45, 2.75) is 13.0 Å². The van der Waals surface area contributed by atoms with E-state index in [0.717, 1.165) is 41.7 Å². The minimum atomic E-state index is -0.340. The van der Waals surface area contributed by atoms with Crippen LogP contribution >= 0.6 is 0 Å². The van der Waals surface area contributed by atoms with Crippen LogP contribution in [0.15, 0.2) is 73.3 Å². The van der Waals surface area contributed by atoms with Gasteiger partial charge in [-0.3, -0.25) is 19.8 Å². The lowest BCUT2D eigenvalue weighted by Crippen LogP contribution is -2.36. The highest BCUT2D eigenvalue weighted by atomic mass is 16.5. The summed E-state index contributed by atoms with van der Waals surface area (Å²) in [6, 6.07) is 14.8. The van der Waals surface area contributed by atoms with E-state index in [1.165, 1.54) is 25.3 Å². The Hall–Kier alpha value is -4.83. The van der Waals surface area contributed by atoms with Crippen molar-refractivity contribution >= 4 is 22.5 Å². The molecular formula is C28H25N7O3. The second kappa shape index (κ2) is 10.3. The van der Waals surface area contributed by atoms with Gasteiger partial charge in [0.05, 0.1) is 24.5 Å². The van der Waals surface area contributed by atoms with E-state index in [0.29, 0.717) is 28.9 Å².